The molecule has 1 aliphatic carbocycles. The first-order valence-electron chi connectivity index (χ1n) is 6.29. The Kier molecular flexibility index (Phi) is 3.62. The zero-order valence-electron chi connectivity index (χ0n) is 9.67. The van der Waals surface area contributed by atoms with Gasteiger partial charge in [0.15, 0.2) is 0 Å². The Morgan fingerprint density at radius 3 is 2.67 bits per heavy atom. The Labute approximate surface area is 92.2 Å². The number of hydrogen-bond donors (Lipinski definition) is 1. The maximum Gasteiger partial charge on any atom is 0.225 e. The number of rotatable bonds is 1. The van der Waals surface area contributed by atoms with E-state index in [9.17, 15) is 4.79 Å². The summed E-state index contributed by atoms with van der Waals surface area (Å²) in [6.45, 7) is 4.91. The minimum absolute atomic E-state index is 0.337. The molecule has 15 heavy (non-hydrogen) atoms. The van der Waals surface area contributed by atoms with E-state index in [2.05, 4.69) is 17.1 Å². The molecule has 0 bridgehead atoms. The molecular weight excluding hydrogens is 188 g/mol. The fourth-order valence-electron chi connectivity index (χ4n) is 2.74. The third-order valence-electron chi connectivity index (χ3n) is 3.63. The maximum atomic E-state index is 12.2. The predicted molar refractivity (Wildman–Crippen MR) is 60.6 cm³/mol. The molecule has 2 aliphatic rings. The monoisotopic (exact) mass is 210 g/mol. The van der Waals surface area contributed by atoms with E-state index in [1.807, 2.05) is 0 Å². The van der Waals surface area contributed by atoms with Crippen molar-refractivity contribution >= 4 is 5.91 Å². The van der Waals surface area contributed by atoms with Gasteiger partial charge in [-0.2, -0.15) is 0 Å². The van der Waals surface area contributed by atoms with Crippen molar-refractivity contribution in [1.82, 2.24) is 10.2 Å². The van der Waals surface area contributed by atoms with Crippen molar-refractivity contribution in [2.45, 2.75) is 45.1 Å². The van der Waals surface area contributed by atoms with E-state index in [0.29, 0.717) is 17.9 Å². The van der Waals surface area contributed by atoms with E-state index in [1.54, 1.807) is 0 Å². The lowest BCUT2D eigenvalue weighted by Gasteiger charge is -2.35. The third-order valence-corrected chi connectivity index (χ3v) is 3.63. The van der Waals surface area contributed by atoms with Gasteiger partial charge in [0.1, 0.15) is 0 Å². The van der Waals surface area contributed by atoms with Gasteiger partial charge in [0.05, 0.1) is 0 Å². The Hall–Kier alpha value is -0.570. The van der Waals surface area contributed by atoms with Crippen LogP contribution in [0.4, 0.5) is 0 Å². The first kappa shape index (κ1) is 10.9. The molecule has 1 saturated carbocycles. The summed E-state index contributed by atoms with van der Waals surface area (Å²) < 4.78 is 0. The van der Waals surface area contributed by atoms with Gasteiger partial charge in [-0.3, -0.25) is 4.79 Å². The number of amides is 1. The van der Waals surface area contributed by atoms with Gasteiger partial charge in [0.2, 0.25) is 5.91 Å². The van der Waals surface area contributed by atoms with Crippen LogP contribution in [0.25, 0.3) is 0 Å². The normalized spacial score (nSPS) is 29.1. The van der Waals surface area contributed by atoms with Crippen molar-refractivity contribution in [1.29, 1.82) is 0 Å². The van der Waals surface area contributed by atoms with Crippen LogP contribution in [-0.2, 0) is 4.79 Å². The minimum Gasteiger partial charge on any atom is -0.340 e. The molecule has 1 aliphatic heterocycles. The minimum atomic E-state index is 0.337. The van der Waals surface area contributed by atoms with Crippen LogP contribution < -0.4 is 5.32 Å². The number of piperazine rings is 1. The van der Waals surface area contributed by atoms with E-state index >= 15 is 0 Å². The van der Waals surface area contributed by atoms with Crippen LogP contribution in [0.5, 0.6) is 0 Å². The van der Waals surface area contributed by atoms with E-state index in [4.69, 9.17) is 0 Å². The molecule has 1 amide bonds. The SMILES string of the molecule is C[C@H]1CN(C(=O)C2CCCCC2)CCN1. The number of hydrogen-bond acceptors (Lipinski definition) is 2. The molecule has 86 valence electrons. The first-order chi connectivity index (χ1) is 7.27. The lowest BCUT2D eigenvalue weighted by atomic mass is 9.88. The topological polar surface area (TPSA) is 32.3 Å². The summed E-state index contributed by atoms with van der Waals surface area (Å²) in [4.78, 5) is 14.3. The molecule has 2 rings (SSSR count). The third kappa shape index (κ3) is 2.71. The van der Waals surface area contributed by atoms with E-state index in [-0.39, 0.29) is 0 Å². The van der Waals surface area contributed by atoms with E-state index in [0.717, 1.165) is 32.5 Å². The second-order valence-corrected chi connectivity index (χ2v) is 4.97. The Morgan fingerprint density at radius 2 is 2.00 bits per heavy atom. The molecule has 3 heteroatoms. The molecular formula is C12H22N2O. The first-order valence-corrected chi connectivity index (χ1v) is 6.29. The van der Waals surface area contributed by atoms with Gasteiger partial charge in [0.25, 0.3) is 0 Å². The summed E-state index contributed by atoms with van der Waals surface area (Å²) in [6, 6.07) is 0.464. The molecule has 0 aromatic carbocycles. The Morgan fingerprint density at radius 1 is 1.27 bits per heavy atom. The molecule has 1 saturated heterocycles. The van der Waals surface area contributed by atoms with Crippen LogP contribution in [0, 0.1) is 5.92 Å². The summed E-state index contributed by atoms with van der Waals surface area (Å²) >= 11 is 0. The largest absolute Gasteiger partial charge is 0.340 e. The summed E-state index contributed by atoms with van der Waals surface area (Å²) in [7, 11) is 0. The van der Waals surface area contributed by atoms with Crippen LogP contribution >= 0.6 is 0 Å². The lowest BCUT2D eigenvalue weighted by Crippen LogP contribution is -2.52. The molecule has 0 unspecified atom stereocenters. The average molecular weight is 210 g/mol. The number of carbonyl (C=O) groups is 1. The van der Waals surface area contributed by atoms with Gasteiger partial charge in [-0.05, 0) is 19.8 Å². The molecule has 1 atom stereocenters. The molecule has 1 heterocycles. The Balaban J connectivity index is 1.88. The maximum absolute atomic E-state index is 12.2. The van der Waals surface area contributed by atoms with Crippen LogP contribution in [0.15, 0.2) is 0 Å². The summed E-state index contributed by atoms with van der Waals surface area (Å²) in [5.41, 5.74) is 0. The van der Waals surface area contributed by atoms with Gasteiger partial charge in [0, 0.05) is 31.6 Å². The zero-order chi connectivity index (χ0) is 10.7. The number of nitrogens with one attached hydrogen (secondary N) is 1. The fourth-order valence-corrected chi connectivity index (χ4v) is 2.74. The second-order valence-electron chi connectivity index (χ2n) is 4.97. The van der Waals surface area contributed by atoms with Gasteiger partial charge >= 0.3 is 0 Å². The molecule has 1 N–H and O–H groups in total. The van der Waals surface area contributed by atoms with Crippen LogP contribution in [0.2, 0.25) is 0 Å². The zero-order valence-corrected chi connectivity index (χ0v) is 9.67. The number of nitrogens with zero attached hydrogens (tertiary/aromatic N) is 1. The lowest BCUT2D eigenvalue weighted by molar-refractivity contribution is -0.137. The van der Waals surface area contributed by atoms with Crippen molar-refractivity contribution in [3.63, 3.8) is 0 Å². The number of carbonyl (C=O) groups excluding carboxylic acids is 1. The van der Waals surface area contributed by atoms with Crippen molar-refractivity contribution in [3.05, 3.63) is 0 Å². The molecule has 0 aromatic rings. The van der Waals surface area contributed by atoms with Crippen molar-refractivity contribution in [2.24, 2.45) is 5.92 Å². The second kappa shape index (κ2) is 4.97. The Bertz CT molecular complexity index is 224. The quantitative estimate of drug-likeness (QED) is 0.709. The molecule has 0 aromatic heterocycles. The van der Waals surface area contributed by atoms with Gasteiger partial charge in [-0.15, -0.1) is 0 Å². The highest BCUT2D eigenvalue weighted by Gasteiger charge is 2.28. The fraction of sp³-hybridized carbons (Fsp3) is 0.917. The predicted octanol–water partition coefficient (Wildman–Crippen LogP) is 1.39. The molecule has 3 nitrogen and oxygen atoms in total. The van der Waals surface area contributed by atoms with Crippen LogP contribution in [0.3, 0.4) is 0 Å². The van der Waals surface area contributed by atoms with Crippen molar-refractivity contribution in [3.8, 4) is 0 Å². The standard InChI is InChI=1S/C12H22N2O/c1-10-9-14(8-7-13-10)12(15)11-5-3-2-4-6-11/h10-11,13H,2-9H2,1H3/t10-/m0/s1. The van der Waals surface area contributed by atoms with Crippen LogP contribution in [0.1, 0.15) is 39.0 Å². The summed E-state index contributed by atoms with van der Waals surface area (Å²) in [5.74, 6) is 0.757. The van der Waals surface area contributed by atoms with Gasteiger partial charge in [-0.1, -0.05) is 19.3 Å². The van der Waals surface area contributed by atoms with Crippen LogP contribution in [-0.4, -0.2) is 36.5 Å². The molecule has 0 spiro atoms. The highest BCUT2D eigenvalue weighted by molar-refractivity contribution is 5.79. The van der Waals surface area contributed by atoms with Gasteiger partial charge < -0.3 is 10.2 Å². The van der Waals surface area contributed by atoms with Crippen molar-refractivity contribution < 1.29 is 4.79 Å². The van der Waals surface area contributed by atoms with Crippen molar-refractivity contribution in [2.75, 3.05) is 19.6 Å². The summed E-state index contributed by atoms with van der Waals surface area (Å²) in [6.07, 6.45) is 6.06. The highest BCUT2D eigenvalue weighted by atomic mass is 16.2. The smallest absolute Gasteiger partial charge is 0.225 e. The van der Waals surface area contributed by atoms with E-state index < -0.39 is 0 Å². The molecule has 0 radical (unpaired) electrons. The van der Waals surface area contributed by atoms with Gasteiger partial charge in [-0.25, -0.2) is 0 Å². The van der Waals surface area contributed by atoms with E-state index in [1.165, 1.54) is 19.3 Å². The summed E-state index contributed by atoms with van der Waals surface area (Å²) in [5, 5.41) is 3.38. The molecule has 2 fully saturated rings. The highest BCUT2D eigenvalue weighted by Crippen LogP contribution is 2.25. The average Bonchev–Trinajstić information content (AvgIpc) is 2.29.